The molecule has 0 spiro atoms. The molecule has 0 fully saturated rings. The number of halogens is 4. The molecule has 0 heterocycles. The maximum absolute atomic E-state index is 12.4. The lowest BCUT2D eigenvalue weighted by molar-refractivity contribution is -0.135. The summed E-state index contributed by atoms with van der Waals surface area (Å²) in [5.41, 5.74) is 1.93. The third kappa shape index (κ3) is 9.73. The number of alkyl halides is 4. The molecule has 3 N–H and O–H groups in total. The third-order valence-electron chi connectivity index (χ3n) is 1.85. The average Bonchev–Trinajstić information content (AvgIpc) is 2.08. The van der Waals surface area contributed by atoms with E-state index in [4.69, 9.17) is 5.84 Å². The van der Waals surface area contributed by atoms with E-state index in [1.807, 2.05) is 5.43 Å². The Morgan fingerprint density at radius 3 is 2.14 bits per heavy atom. The summed E-state index contributed by atoms with van der Waals surface area (Å²) in [5, 5.41) is 0. The SMILES string of the molecule is NNC(F)CCCCCCC(F)(F)F. The molecule has 6 heteroatoms. The van der Waals surface area contributed by atoms with E-state index in [0.29, 0.717) is 19.3 Å². The zero-order chi connectivity index (χ0) is 11.0. The van der Waals surface area contributed by atoms with Crippen molar-refractivity contribution in [3.05, 3.63) is 0 Å². The minimum absolute atomic E-state index is 0.122. The lowest BCUT2D eigenvalue weighted by Gasteiger charge is -2.07. The highest BCUT2D eigenvalue weighted by Crippen LogP contribution is 2.23. The van der Waals surface area contributed by atoms with Crippen molar-refractivity contribution < 1.29 is 17.6 Å². The Morgan fingerprint density at radius 2 is 1.64 bits per heavy atom. The summed E-state index contributed by atoms with van der Waals surface area (Å²) in [5.74, 6) is 4.80. The summed E-state index contributed by atoms with van der Waals surface area (Å²) >= 11 is 0. The summed E-state index contributed by atoms with van der Waals surface area (Å²) in [6.07, 6.45) is -4.04. The summed E-state index contributed by atoms with van der Waals surface area (Å²) in [4.78, 5) is 0. The van der Waals surface area contributed by atoms with E-state index < -0.39 is 18.9 Å². The fraction of sp³-hybridized carbons (Fsp3) is 1.00. The minimum atomic E-state index is -4.07. The zero-order valence-electron chi connectivity index (χ0n) is 7.91. The van der Waals surface area contributed by atoms with Crippen LogP contribution in [0.25, 0.3) is 0 Å². The Morgan fingerprint density at radius 1 is 1.07 bits per heavy atom. The lowest BCUT2D eigenvalue weighted by Crippen LogP contribution is -2.31. The van der Waals surface area contributed by atoms with E-state index in [0.717, 1.165) is 0 Å². The number of unbranched alkanes of at least 4 members (excludes halogenated alkanes) is 3. The van der Waals surface area contributed by atoms with Gasteiger partial charge >= 0.3 is 6.18 Å². The monoisotopic (exact) mass is 216 g/mol. The van der Waals surface area contributed by atoms with Gasteiger partial charge in [-0.25, -0.2) is 9.82 Å². The molecule has 0 amide bonds. The summed E-state index contributed by atoms with van der Waals surface area (Å²) in [6.45, 7) is 0. The van der Waals surface area contributed by atoms with Crippen molar-refractivity contribution in [2.45, 2.75) is 51.0 Å². The second-order valence-corrected chi connectivity index (χ2v) is 3.20. The van der Waals surface area contributed by atoms with Gasteiger partial charge in [0.1, 0.15) is 0 Å². The molecule has 2 nitrogen and oxygen atoms in total. The van der Waals surface area contributed by atoms with E-state index in [-0.39, 0.29) is 12.8 Å². The quantitative estimate of drug-likeness (QED) is 0.226. The Bertz CT molecular complexity index is 138. The highest BCUT2D eigenvalue weighted by atomic mass is 19.4. The van der Waals surface area contributed by atoms with Crippen LogP contribution in [0.5, 0.6) is 0 Å². The van der Waals surface area contributed by atoms with E-state index >= 15 is 0 Å². The Labute approximate surface area is 80.8 Å². The van der Waals surface area contributed by atoms with Crippen LogP contribution in [0.4, 0.5) is 17.6 Å². The van der Waals surface area contributed by atoms with Crippen LogP contribution in [0.3, 0.4) is 0 Å². The van der Waals surface area contributed by atoms with Crippen molar-refractivity contribution in [1.82, 2.24) is 5.43 Å². The van der Waals surface area contributed by atoms with Crippen molar-refractivity contribution in [3.63, 3.8) is 0 Å². The van der Waals surface area contributed by atoms with Gasteiger partial charge in [0, 0.05) is 6.42 Å². The smallest absolute Gasteiger partial charge is 0.269 e. The molecule has 0 aliphatic carbocycles. The number of hydrazine groups is 1. The molecule has 0 saturated carbocycles. The molecule has 0 aromatic rings. The lowest BCUT2D eigenvalue weighted by atomic mass is 10.1. The summed E-state index contributed by atoms with van der Waals surface area (Å²) in [7, 11) is 0. The van der Waals surface area contributed by atoms with Gasteiger partial charge in [-0.2, -0.15) is 13.2 Å². The Hall–Kier alpha value is -0.360. The van der Waals surface area contributed by atoms with Gasteiger partial charge in [0.2, 0.25) is 0 Å². The Kier molecular flexibility index (Phi) is 6.82. The van der Waals surface area contributed by atoms with Crippen LogP contribution >= 0.6 is 0 Å². The largest absolute Gasteiger partial charge is 0.389 e. The van der Waals surface area contributed by atoms with Gasteiger partial charge in [-0.05, 0) is 19.3 Å². The van der Waals surface area contributed by atoms with Crippen molar-refractivity contribution in [3.8, 4) is 0 Å². The van der Waals surface area contributed by atoms with E-state index in [9.17, 15) is 17.6 Å². The number of hydrogen-bond acceptors (Lipinski definition) is 2. The van der Waals surface area contributed by atoms with Crippen molar-refractivity contribution >= 4 is 0 Å². The van der Waals surface area contributed by atoms with Gasteiger partial charge in [-0.15, -0.1) is 0 Å². The number of rotatable bonds is 7. The molecule has 0 aromatic heterocycles. The number of nitrogens with two attached hydrogens (primary N) is 1. The fourth-order valence-corrected chi connectivity index (χ4v) is 1.09. The molecule has 0 rings (SSSR count). The highest BCUT2D eigenvalue weighted by Gasteiger charge is 2.25. The van der Waals surface area contributed by atoms with Crippen LogP contribution in [0, 0.1) is 0 Å². The highest BCUT2D eigenvalue weighted by molar-refractivity contribution is 4.53. The first-order valence-electron chi connectivity index (χ1n) is 4.62. The summed E-state index contributed by atoms with van der Waals surface area (Å²) in [6, 6.07) is 0. The normalized spacial score (nSPS) is 14.4. The van der Waals surface area contributed by atoms with Gasteiger partial charge in [0.05, 0.1) is 0 Å². The average molecular weight is 216 g/mol. The molecule has 0 aromatic carbocycles. The van der Waals surface area contributed by atoms with Crippen LogP contribution in [-0.4, -0.2) is 12.5 Å². The van der Waals surface area contributed by atoms with Crippen molar-refractivity contribution in [1.29, 1.82) is 0 Å². The molecule has 86 valence electrons. The molecule has 0 radical (unpaired) electrons. The first-order valence-corrected chi connectivity index (χ1v) is 4.62. The molecule has 14 heavy (non-hydrogen) atoms. The standard InChI is InChI=1S/C8H16F4N2/c9-7(14-13)5-3-1-2-4-6-8(10,11)12/h7,14H,1-6,13H2. The fourth-order valence-electron chi connectivity index (χ4n) is 1.09. The van der Waals surface area contributed by atoms with Crippen molar-refractivity contribution in [2.24, 2.45) is 5.84 Å². The first kappa shape index (κ1) is 13.6. The van der Waals surface area contributed by atoms with E-state index in [2.05, 4.69) is 0 Å². The van der Waals surface area contributed by atoms with Crippen LogP contribution in [0.2, 0.25) is 0 Å². The maximum Gasteiger partial charge on any atom is 0.389 e. The van der Waals surface area contributed by atoms with E-state index in [1.54, 1.807) is 0 Å². The van der Waals surface area contributed by atoms with Crippen LogP contribution < -0.4 is 11.3 Å². The number of hydrogen-bond donors (Lipinski definition) is 2. The molecule has 0 aliphatic heterocycles. The minimum Gasteiger partial charge on any atom is -0.269 e. The van der Waals surface area contributed by atoms with Gasteiger partial charge in [0.25, 0.3) is 0 Å². The second kappa shape index (κ2) is 7.00. The predicted octanol–water partition coefficient (Wildman–Crippen LogP) is 2.65. The number of nitrogens with one attached hydrogen (secondary N) is 1. The van der Waals surface area contributed by atoms with E-state index in [1.165, 1.54) is 0 Å². The van der Waals surface area contributed by atoms with Gasteiger partial charge < -0.3 is 0 Å². The third-order valence-corrected chi connectivity index (χ3v) is 1.85. The first-order chi connectivity index (χ1) is 6.45. The van der Waals surface area contributed by atoms with Crippen LogP contribution in [0.15, 0.2) is 0 Å². The molecule has 0 saturated heterocycles. The summed E-state index contributed by atoms with van der Waals surface area (Å²) < 4.78 is 47.4. The van der Waals surface area contributed by atoms with Gasteiger partial charge in [-0.1, -0.05) is 12.8 Å². The topological polar surface area (TPSA) is 38.0 Å². The molecule has 1 atom stereocenters. The molecule has 0 bridgehead atoms. The van der Waals surface area contributed by atoms with Crippen molar-refractivity contribution in [2.75, 3.05) is 0 Å². The zero-order valence-corrected chi connectivity index (χ0v) is 7.91. The van der Waals surface area contributed by atoms with Gasteiger partial charge in [-0.3, -0.25) is 5.84 Å². The van der Waals surface area contributed by atoms with Crippen LogP contribution in [0.1, 0.15) is 38.5 Å². The Balaban J connectivity index is 3.14. The molecular formula is C8H16F4N2. The predicted molar refractivity (Wildman–Crippen MR) is 46.0 cm³/mol. The van der Waals surface area contributed by atoms with Gasteiger partial charge in [0.15, 0.2) is 6.30 Å². The second-order valence-electron chi connectivity index (χ2n) is 3.20. The molecular weight excluding hydrogens is 200 g/mol. The maximum atomic E-state index is 12.4. The molecule has 1 unspecified atom stereocenters. The van der Waals surface area contributed by atoms with Crippen LogP contribution in [-0.2, 0) is 0 Å². The molecule has 0 aliphatic rings.